The summed E-state index contributed by atoms with van der Waals surface area (Å²) < 4.78 is 5.27. The van der Waals surface area contributed by atoms with E-state index < -0.39 is 36.0 Å². The maximum atomic E-state index is 11.6. The highest BCUT2D eigenvalue weighted by atomic mass is 16.5. The van der Waals surface area contributed by atoms with Gasteiger partial charge in [-0.2, -0.15) is 0 Å². The van der Waals surface area contributed by atoms with Crippen molar-refractivity contribution in [2.24, 2.45) is 0 Å². The summed E-state index contributed by atoms with van der Waals surface area (Å²) in [5, 5.41) is 30.3. The molecule has 2 aliphatic heterocycles. The van der Waals surface area contributed by atoms with E-state index in [0.29, 0.717) is 0 Å². The summed E-state index contributed by atoms with van der Waals surface area (Å²) in [5.41, 5.74) is -1.82. The van der Waals surface area contributed by atoms with E-state index in [-0.39, 0.29) is 13.0 Å². The molecule has 3 amide bonds. The predicted molar refractivity (Wildman–Crippen MR) is 56.7 cm³/mol. The van der Waals surface area contributed by atoms with Gasteiger partial charge in [0, 0.05) is 6.42 Å². The molecule has 2 saturated heterocycles. The van der Waals surface area contributed by atoms with Crippen LogP contribution in [-0.4, -0.2) is 62.8 Å². The normalized spacial score (nSPS) is 41.1. The second-order valence-corrected chi connectivity index (χ2v) is 4.56. The SMILES string of the molecule is C[C@@]1(O)[CH]N([C@H]2C[C@H](O)[C@@H](CO)O2)C(=O)NC1=O. The van der Waals surface area contributed by atoms with E-state index in [1.54, 1.807) is 0 Å². The van der Waals surface area contributed by atoms with Crippen LogP contribution in [0.3, 0.4) is 0 Å². The van der Waals surface area contributed by atoms with Crippen LogP contribution in [0, 0.1) is 6.54 Å². The molecule has 0 aromatic carbocycles. The van der Waals surface area contributed by atoms with Crippen LogP contribution in [0.5, 0.6) is 0 Å². The zero-order chi connectivity index (χ0) is 13.5. The van der Waals surface area contributed by atoms with Crippen molar-refractivity contribution in [3.63, 3.8) is 0 Å². The van der Waals surface area contributed by atoms with Gasteiger partial charge in [-0.25, -0.2) is 4.79 Å². The smallest absolute Gasteiger partial charge is 0.326 e. The average molecular weight is 259 g/mol. The molecule has 0 spiro atoms. The lowest BCUT2D eigenvalue weighted by molar-refractivity contribution is -0.141. The third-order valence-electron chi connectivity index (χ3n) is 3.00. The van der Waals surface area contributed by atoms with E-state index in [2.05, 4.69) is 0 Å². The first-order valence-electron chi connectivity index (χ1n) is 5.51. The number of nitrogens with zero attached hydrogens (tertiary/aromatic N) is 1. The van der Waals surface area contributed by atoms with Gasteiger partial charge in [-0.1, -0.05) is 0 Å². The summed E-state index contributed by atoms with van der Waals surface area (Å²) in [6.45, 7) is 1.91. The Kier molecular flexibility index (Phi) is 3.28. The van der Waals surface area contributed by atoms with Crippen LogP contribution in [0.4, 0.5) is 4.79 Å². The van der Waals surface area contributed by atoms with Crippen LogP contribution in [0.2, 0.25) is 0 Å². The average Bonchev–Trinajstić information content (AvgIpc) is 2.65. The molecule has 8 nitrogen and oxygen atoms in total. The molecular formula is C10H15N2O6. The Hall–Kier alpha value is -1.22. The zero-order valence-electron chi connectivity index (χ0n) is 9.74. The highest BCUT2D eigenvalue weighted by molar-refractivity contribution is 6.02. The number of carbonyl (C=O) groups excluding carboxylic acids is 2. The van der Waals surface area contributed by atoms with Crippen LogP contribution >= 0.6 is 0 Å². The highest BCUT2D eigenvalue weighted by Gasteiger charge is 2.47. The largest absolute Gasteiger partial charge is 0.394 e. The molecule has 0 aliphatic carbocycles. The fraction of sp³-hybridized carbons (Fsp3) is 0.700. The number of ether oxygens (including phenoxy) is 1. The van der Waals surface area contributed by atoms with Gasteiger partial charge in [0.1, 0.15) is 12.3 Å². The van der Waals surface area contributed by atoms with Crippen LogP contribution in [0.25, 0.3) is 0 Å². The van der Waals surface area contributed by atoms with E-state index in [1.165, 1.54) is 6.92 Å². The summed E-state index contributed by atoms with van der Waals surface area (Å²) in [6.07, 6.45) is -2.40. The molecule has 8 heteroatoms. The fourth-order valence-corrected chi connectivity index (χ4v) is 1.94. The van der Waals surface area contributed by atoms with Crippen LogP contribution < -0.4 is 5.32 Å². The first kappa shape index (κ1) is 13.2. The van der Waals surface area contributed by atoms with Crippen LogP contribution in [-0.2, 0) is 9.53 Å². The second kappa shape index (κ2) is 4.47. The molecule has 1 radical (unpaired) electrons. The molecule has 4 N–H and O–H groups in total. The van der Waals surface area contributed by atoms with E-state index in [1.807, 2.05) is 5.32 Å². The Morgan fingerprint density at radius 3 is 2.83 bits per heavy atom. The number of carbonyl (C=O) groups is 2. The van der Waals surface area contributed by atoms with Crippen LogP contribution in [0.15, 0.2) is 0 Å². The minimum atomic E-state index is -1.82. The molecular weight excluding hydrogens is 244 g/mol. The van der Waals surface area contributed by atoms with Crippen molar-refractivity contribution < 1.29 is 29.6 Å². The Morgan fingerprint density at radius 1 is 1.61 bits per heavy atom. The molecule has 0 bridgehead atoms. The number of nitrogens with one attached hydrogen (secondary N) is 1. The molecule has 2 heterocycles. The van der Waals surface area contributed by atoms with E-state index >= 15 is 0 Å². The summed E-state index contributed by atoms with van der Waals surface area (Å²) in [7, 11) is 0. The Morgan fingerprint density at radius 2 is 2.28 bits per heavy atom. The first-order chi connectivity index (χ1) is 8.35. The minimum absolute atomic E-state index is 0.0966. The maximum Gasteiger partial charge on any atom is 0.326 e. The van der Waals surface area contributed by atoms with Gasteiger partial charge in [-0.05, 0) is 6.92 Å². The standard InChI is InChI=1S/C10H15N2O6/c1-10(17)4-12(9(16)11-8(10)15)7-2-5(14)6(3-13)18-7/h4-7,13-14,17H,2-3H2,1H3,(H,11,15,16)/t5-,6+,7+,10+/m0/s1. The van der Waals surface area contributed by atoms with Gasteiger partial charge in [0.2, 0.25) is 0 Å². The fourth-order valence-electron chi connectivity index (χ4n) is 1.94. The van der Waals surface area contributed by atoms with Crippen molar-refractivity contribution in [2.75, 3.05) is 6.61 Å². The third kappa shape index (κ3) is 2.19. The number of amides is 3. The lowest BCUT2D eigenvalue weighted by atomic mass is 10.0. The zero-order valence-corrected chi connectivity index (χ0v) is 9.74. The number of imide groups is 1. The first-order valence-corrected chi connectivity index (χ1v) is 5.51. The summed E-state index contributed by atoms with van der Waals surface area (Å²) in [4.78, 5) is 23.9. The molecule has 4 atom stereocenters. The van der Waals surface area contributed by atoms with E-state index in [4.69, 9.17) is 9.84 Å². The Bertz CT molecular complexity index is 371. The molecule has 2 aliphatic rings. The van der Waals surface area contributed by atoms with Gasteiger partial charge in [0.05, 0.1) is 19.3 Å². The quantitative estimate of drug-likeness (QED) is 0.452. The number of aliphatic hydroxyl groups is 3. The molecule has 2 rings (SSSR count). The van der Waals surface area contributed by atoms with Crippen molar-refractivity contribution >= 4 is 11.9 Å². The number of rotatable bonds is 2. The summed E-state index contributed by atoms with van der Waals surface area (Å²) in [5.74, 6) is -0.819. The monoisotopic (exact) mass is 259 g/mol. The molecule has 101 valence electrons. The van der Waals surface area contributed by atoms with E-state index in [0.717, 1.165) is 11.4 Å². The molecule has 2 fully saturated rings. The Labute approximate surface area is 103 Å². The number of hydrogen-bond acceptors (Lipinski definition) is 6. The Balaban J connectivity index is 2.10. The van der Waals surface area contributed by atoms with Crippen molar-refractivity contribution in [1.82, 2.24) is 10.2 Å². The minimum Gasteiger partial charge on any atom is -0.394 e. The lowest BCUT2D eigenvalue weighted by Gasteiger charge is -2.37. The number of urea groups is 1. The van der Waals surface area contributed by atoms with Crippen molar-refractivity contribution in [2.45, 2.75) is 37.4 Å². The molecule has 18 heavy (non-hydrogen) atoms. The van der Waals surface area contributed by atoms with Crippen molar-refractivity contribution in [1.29, 1.82) is 0 Å². The van der Waals surface area contributed by atoms with Gasteiger partial charge < -0.3 is 20.1 Å². The topological polar surface area (TPSA) is 119 Å². The molecule has 0 aromatic rings. The third-order valence-corrected chi connectivity index (χ3v) is 3.00. The summed E-state index contributed by atoms with van der Waals surface area (Å²) >= 11 is 0. The maximum absolute atomic E-state index is 11.6. The molecule has 0 aromatic heterocycles. The molecule has 0 unspecified atom stereocenters. The highest BCUT2D eigenvalue weighted by Crippen LogP contribution is 2.28. The van der Waals surface area contributed by atoms with Gasteiger partial charge in [-0.15, -0.1) is 0 Å². The van der Waals surface area contributed by atoms with Crippen molar-refractivity contribution in [3.8, 4) is 0 Å². The molecule has 0 saturated carbocycles. The summed E-state index contributed by atoms with van der Waals surface area (Å²) in [6, 6.07) is -0.734. The van der Waals surface area contributed by atoms with Gasteiger partial charge >= 0.3 is 6.03 Å². The predicted octanol–water partition coefficient (Wildman–Crippen LogP) is -2.08. The van der Waals surface area contributed by atoms with Gasteiger partial charge in [0.15, 0.2) is 5.60 Å². The van der Waals surface area contributed by atoms with Crippen LogP contribution in [0.1, 0.15) is 13.3 Å². The van der Waals surface area contributed by atoms with Crippen molar-refractivity contribution in [3.05, 3.63) is 6.54 Å². The van der Waals surface area contributed by atoms with E-state index in [9.17, 15) is 19.8 Å². The van der Waals surface area contributed by atoms with Gasteiger partial charge in [0.25, 0.3) is 5.91 Å². The van der Waals surface area contributed by atoms with Gasteiger partial charge in [-0.3, -0.25) is 15.0 Å². The number of aliphatic hydroxyl groups excluding tert-OH is 2. The number of hydrogen-bond donors (Lipinski definition) is 4. The second-order valence-electron chi connectivity index (χ2n) is 4.56. The lowest BCUT2D eigenvalue weighted by Crippen LogP contribution is -2.62.